The Kier molecular flexibility index (Phi) is 7.39. The van der Waals surface area contributed by atoms with Gasteiger partial charge in [-0.3, -0.25) is 4.90 Å². The molecule has 1 heterocycles. The molecule has 1 rings (SSSR count). The zero-order valence-corrected chi connectivity index (χ0v) is 10.7. The Morgan fingerprint density at radius 2 is 2.06 bits per heavy atom. The molecule has 1 saturated heterocycles. The Morgan fingerprint density at radius 3 is 2.53 bits per heavy atom. The van der Waals surface area contributed by atoms with Gasteiger partial charge in [0.1, 0.15) is 6.61 Å². The number of rotatable bonds is 5. The molecule has 0 aromatic heterocycles. The van der Waals surface area contributed by atoms with Crippen molar-refractivity contribution < 1.29 is 17.9 Å². The van der Waals surface area contributed by atoms with Gasteiger partial charge in [0, 0.05) is 19.1 Å². The lowest BCUT2D eigenvalue weighted by Gasteiger charge is -2.20. The normalized spacial score (nSPS) is 25.9. The molecule has 1 fully saturated rings. The van der Waals surface area contributed by atoms with E-state index in [0.717, 1.165) is 13.0 Å². The Bertz CT molecular complexity index is 216. The number of alkyl halides is 3. The molecular formula is C10H20ClF3N2O. The second-order valence-corrected chi connectivity index (χ2v) is 4.35. The molecule has 0 aromatic carbocycles. The summed E-state index contributed by atoms with van der Waals surface area (Å²) in [6.45, 7) is 3.10. The summed E-state index contributed by atoms with van der Waals surface area (Å²) in [4.78, 5) is 2.13. The monoisotopic (exact) mass is 276 g/mol. The second kappa shape index (κ2) is 7.41. The molecule has 104 valence electrons. The summed E-state index contributed by atoms with van der Waals surface area (Å²) in [6, 6.07) is 0.392. The van der Waals surface area contributed by atoms with Crippen molar-refractivity contribution in [2.24, 2.45) is 11.7 Å². The van der Waals surface area contributed by atoms with Gasteiger partial charge in [-0.2, -0.15) is 13.2 Å². The van der Waals surface area contributed by atoms with E-state index in [4.69, 9.17) is 5.73 Å². The van der Waals surface area contributed by atoms with Crippen molar-refractivity contribution in [2.75, 3.05) is 32.8 Å². The molecule has 0 radical (unpaired) electrons. The van der Waals surface area contributed by atoms with E-state index in [9.17, 15) is 13.2 Å². The number of likely N-dealkylation sites (tertiary alicyclic amines) is 1. The van der Waals surface area contributed by atoms with Gasteiger partial charge in [-0.25, -0.2) is 0 Å². The topological polar surface area (TPSA) is 38.5 Å². The van der Waals surface area contributed by atoms with Crippen molar-refractivity contribution in [1.82, 2.24) is 4.90 Å². The standard InChI is InChI=1S/C10H19F3N2O.ClH/c1-8-4-9(5-14)6-15(8)2-3-16-7-10(11,12)13;/h8-9H,2-7,14H2,1H3;1H. The van der Waals surface area contributed by atoms with Crippen LogP contribution < -0.4 is 5.73 Å². The molecule has 3 nitrogen and oxygen atoms in total. The van der Waals surface area contributed by atoms with Crippen molar-refractivity contribution >= 4 is 12.4 Å². The van der Waals surface area contributed by atoms with E-state index in [0.29, 0.717) is 25.0 Å². The number of hydrogen-bond donors (Lipinski definition) is 1. The first-order valence-electron chi connectivity index (χ1n) is 5.51. The maximum absolute atomic E-state index is 11.8. The molecule has 0 aliphatic carbocycles. The molecule has 7 heteroatoms. The van der Waals surface area contributed by atoms with Crippen molar-refractivity contribution in [3.05, 3.63) is 0 Å². The van der Waals surface area contributed by atoms with Crippen LogP contribution in [0.3, 0.4) is 0 Å². The fourth-order valence-corrected chi connectivity index (χ4v) is 2.07. The highest BCUT2D eigenvalue weighted by molar-refractivity contribution is 5.85. The largest absolute Gasteiger partial charge is 0.411 e. The van der Waals surface area contributed by atoms with Gasteiger partial charge in [-0.05, 0) is 25.8 Å². The van der Waals surface area contributed by atoms with Crippen LogP contribution in [0, 0.1) is 5.92 Å². The van der Waals surface area contributed by atoms with E-state index in [1.807, 2.05) is 0 Å². The molecule has 0 bridgehead atoms. The van der Waals surface area contributed by atoms with Crippen molar-refractivity contribution in [2.45, 2.75) is 25.6 Å². The van der Waals surface area contributed by atoms with Crippen LogP contribution in [0.2, 0.25) is 0 Å². The number of hydrogen-bond acceptors (Lipinski definition) is 3. The van der Waals surface area contributed by atoms with Gasteiger partial charge in [0.15, 0.2) is 0 Å². The molecule has 2 N–H and O–H groups in total. The summed E-state index contributed by atoms with van der Waals surface area (Å²) in [5, 5.41) is 0. The van der Waals surface area contributed by atoms with Gasteiger partial charge in [0.2, 0.25) is 0 Å². The third kappa shape index (κ3) is 6.45. The molecule has 1 aliphatic heterocycles. The highest BCUT2D eigenvalue weighted by Gasteiger charge is 2.29. The van der Waals surface area contributed by atoms with Crippen LogP contribution >= 0.6 is 12.4 Å². The minimum atomic E-state index is -4.23. The lowest BCUT2D eigenvalue weighted by molar-refractivity contribution is -0.174. The van der Waals surface area contributed by atoms with Gasteiger partial charge in [-0.15, -0.1) is 12.4 Å². The summed E-state index contributed by atoms with van der Waals surface area (Å²) in [6.07, 6.45) is -3.20. The van der Waals surface area contributed by atoms with E-state index in [2.05, 4.69) is 16.6 Å². The predicted octanol–water partition coefficient (Wildman–Crippen LogP) is 1.66. The molecule has 17 heavy (non-hydrogen) atoms. The summed E-state index contributed by atoms with van der Waals surface area (Å²) < 4.78 is 40.0. The first-order chi connectivity index (χ1) is 7.42. The van der Waals surface area contributed by atoms with Gasteiger partial charge in [0.25, 0.3) is 0 Å². The summed E-state index contributed by atoms with van der Waals surface area (Å²) >= 11 is 0. The van der Waals surface area contributed by atoms with Gasteiger partial charge >= 0.3 is 6.18 Å². The zero-order valence-electron chi connectivity index (χ0n) is 9.87. The van der Waals surface area contributed by atoms with E-state index in [1.165, 1.54) is 0 Å². The van der Waals surface area contributed by atoms with E-state index < -0.39 is 12.8 Å². The molecule has 1 aliphatic rings. The zero-order chi connectivity index (χ0) is 12.2. The molecule has 0 amide bonds. The van der Waals surface area contributed by atoms with E-state index in [-0.39, 0.29) is 19.0 Å². The molecule has 0 aromatic rings. The molecule has 0 spiro atoms. The Balaban J connectivity index is 0.00000256. The molecule has 2 atom stereocenters. The highest BCUT2D eigenvalue weighted by Crippen LogP contribution is 2.21. The summed E-state index contributed by atoms with van der Waals surface area (Å²) in [7, 11) is 0. The van der Waals surface area contributed by atoms with Crippen LogP contribution in [0.4, 0.5) is 13.2 Å². The average Bonchev–Trinajstić information content (AvgIpc) is 2.53. The molecular weight excluding hydrogens is 257 g/mol. The Morgan fingerprint density at radius 1 is 1.41 bits per heavy atom. The van der Waals surface area contributed by atoms with Crippen molar-refractivity contribution in [3.8, 4) is 0 Å². The first-order valence-corrected chi connectivity index (χ1v) is 5.51. The number of nitrogens with two attached hydrogens (primary N) is 1. The minimum absolute atomic E-state index is 0. The first kappa shape index (κ1) is 17.0. The quantitative estimate of drug-likeness (QED) is 0.776. The number of halogens is 4. The third-order valence-corrected chi connectivity index (χ3v) is 2.91. The van der Waals surface area contributed by atoms with Crippen molar-refractivity contribution in [1.29, 1.82) is 0 Å². The van der Waals surface area contributed by atoms with Gasteiger partial charge < -0.3 is 10.5 Å². The number of ether oxygens (including phenoxy) is 1. The Hall–Kier alpha value is -0.0400. The van der Waals surface area contributed by atoms with Gasteiger partial charge in [0.05, 0.1) is 6.61 Å². The maximum atomic E-state index is 11.8. The Labute approximate surface area is 106 Å². The van der Waals surface area contributed by atoms with Crippen LogP contribution in [0.15, 0.2) is 0 Å². The van der Waals surface area contributed by atoms with E-state index >= 15 is 0 Å². The lowest BCUT2D eigenvalue weighted by atomic mass is 10.1. The minimum Gasteiger partial charge on any atom is -0.371 e. The van der Waals surface area contributed by atoms with Crippen LogP contribution in [0.1, 0.15) is 13.3 Å². The lowest BCUT2D eigenvalue weighted by Crippen LogP contribution is -2.32. The molecule has 2 unspecified atom stereocenters. The summed E-state index contributed by atoms with van der Waals surface area (Å²) in [5.41, 5.74) is 5.56. The van der Waals surface area contributed by atoms with Crippen LogP contribution in [0.25, 0.3) is 0 Å². The fraction of sp³-hybridized carbons (Fsp3) is 1.00. The highest BCUT2D eigenvalue weighted by atomic mass is 35.5. The fourth-order valence-electron chi connectivity index (χ4n) is 2.07. The van der Waals surface area contributed by atoms with Crippen LogP contribution in [0.5, 0.6) is 0 Å². The second-order valence-electron chi connectivity index (χ2n) is 4.35. The van der Waals surface area contributed by atoms with Crippen LogP contribution in [-0.4, -0.2) is 50.0 Å². The smallest absolute Gasteiger partial charge is 0.371 e. The SMILES string of the molecule is CC1CC(CN)CN1CCOCC(F)(F)F.Cl. The third-order valence-electron chi connectivity index (χ3n) is 2.91. The van der Waals surface area contributed by atoms with E-state index in [1.54, 1.807) is 0 Å². The summed E-state index contributed by atoms with van der Waals surface area (Å²) in [5.74, 6) is 0.470. The van der Waals surface area contributed by atoms with Gasteiger partial charge in [-0.1, -0.05) is 0 Å². The number of nitrogens with zero attached hydrogens (tertiary/aromatic N) is 1. The molecule has 0 saturated carbocycles. The predicted molar refractivity (Wildman–Crippen MR) is 62.3 cm³/mol. The van der Waals surface area contributed by atoms with Crippen LogP contribution in [-0.2, 0) is 4.74 Å². The van der Waals surface area contributed by atoms with Crippen molar-refractivity contribution in [3.63, 3.8) is 0 Å². The maximum Gasteiger partial charge on any atom is 0.411 e. The average molecular weight is 277 g/mol.